The largest absolute Gasteiger partial charge is 0.495 e. The Bertz CT molecular complexity index is 1390. The third-order valence-corrected chi connectivity index (χ3v) is 7.77. The summed E-state index contributed by atoms with van der Waals surface area (Å²) in [4.78, 5) is 12.7. The first kappa shape index (κ1) is 24.1. The number of benzene rings is 2. The number of carbonyl (C=O) groups is 1. The Labute approximate surface area is 203 Å². The standard InChI is InChI=1S/C24H26N6O4S/c1-34-21-11-10-17(24(31)27-12-4-8-19-18(15-25)23(26)29-28-19)14-22(21)35(32,33)30-13-5-7-16-6-2-3-9-20(16)30/h2-3,6,9-11,14H,4-5,7-8,12-13H2,1H3,(H,27,31)(H3,26,28,29). The number of hydrogen-bond donors (Lipinski definition) is 3. The number of hydrogen-bond acceptors (Lipinski definition) is 7. The normalized spacial score (nSPS) is 13.1. The molecular formula is C24H26N6O4S. The van der Waals surface area contributed by atoms with Crippen molar-refractivity contribution in [1.29, 1.82) is 5.26 Å². The molecule has 10 nitrogen and oxygen atoms in total. The van der Waals surface area contributed by atoms with E-state index in [1.165, 1.54) is 29.6 Å². The van der Waals surface area contributed by atoms with E-state index >= 15 is 0 Å². The average Bonchev–Trinajstić information content (AvgIpc) is 3.24. The molecule has 0 radical (unpaired) electrons. The first-order chi connectivity index (χ1) is 16.9. The number of fused-ring (bicyclic) bond motifs is 1. The van der Waals surface area contributed by atoms with Gasteiger partial charge < -0.3 is 15.8 Å². The van der Waals surface area contributed by atoms with Gasteiger partial charge in [-0.3, -0.25) is 14.2 Å². The van der Waals surface area contributed by atoms with Crippen molar-refractivity contribution in [3.8, 4) is 11.8 Å². The Morgan fingerprint density at radius 2 is 2.11 bits per heavy atom. The van der Waals surface area contributed by atoms with Gasteiger partial charge in [-0.2, -0.15) is 10.4 Å². The molecule has 2 aromatic carbocycles. The predicted octanol–water partition coefficient (Wildman–Crippen LogP) is 2.38. The number of aryl methyl sites for hydroxylation is 2. The predicted molar refractivity (Wildman–Crippen MR) is 131 cm³/mol. The van der Waals surface area contributed by atoms with Crippen LogP contribution in [0.25, 0.3) is 0 Å². The highest BCUT2D eigenvalue weighted by atomic mass is 32.2. The monoisotopic (exact) mass is 494 g/mol. The number of H-pyrrole nitrogens is 1. The fourth-order valence-corrected chi connectivity index (χ4v) is 5.88. The number of anilines is 2. The van der Waals surface area contributed by atoms with E-state index in [1.807, 2.05) is 24.3 Å². The zero-order valence-corrected chi connectivity index (χ0v) is 20.1. The van der Waals surface area contributed by atoms with Crippen LogP contribution in [0.4, 0.5) is 11.5 Å². The minimum atomic E-state index is -3.97. The summed E-state index contributed by atoms with van der Waals surface area (Å²) in [5.74, 6) is -0.0897. The van der Waals surface area contributed by atoms with Crippen molar-refractivity contribution < 1.29 is 17.9 Å². The quantitative estimate of drug-likeness (QED) is 0.406. The van der Waals surface area contributed by atoms with Crippen molar-refractivity contribution >= 4 is 27.4 Å². The van der Waals surface area contributed by atoms with Gasteiger partial charge in [0.1, 0.15) is 22.3 Å². The van der Waals surface area contributed by atoms with Gasteiger partial charge in [-0.25, -0.2) is 8.42 Å². The third kappa shape index (κ3) is 4.79. The van der Waals surface area contributed by atoms with Gasteiger partial charge in [-0.15, -0.1) is 0 Å². The van der Waals surface area contributed by atoms with Crippen LogP contribution >= 0.6 is 0 Å². The second kappa shape index (κ2) is 10.1. The van der Waals surface area contributed by atoms with Gasteiger partial charge in [0.25, 0.3) is 15.9 Å². The number of nitrogens with two attached hydrogens (primary N) is 1. The maximum atomic E-state index is 13.7. The molecule has 2 heterocycles. The molecular weight excluding hydrogens is 468 g/mol. The maximum absolute atomic E-state index is 13.7. The van der Waals surface area contributed by atoms with E-state index in [1.54, 1.807) is 6.07 Å². The Balaban J connectivity index is 1.51. The molecule has 11 heteroatoms. The van der Waals surface area contributed by atoms with E-state index in [2.05, 4.69) is 15.5 Å². The van der Waals surface area contributed by atoms with E-state index in [0.717, 1.165) is 12.0 Å². The Hall–Kier alpha value is -4.04. The second-order valence-corrected chi connectivity index (χ2v) is 9.94. The summed E-state index contributed by atoms with van der Waals surface area (Å²) >= 11 is 0. The summed E-state index contributed by atoms with van der Waals surface area (Å²) in [6.07, 6.45) is 2.52. The van der Waals surface area contributed by atoms with Gasteiger partial charge in [0.15, 0.2) is 5.82 Å². The van der Waals surface area contributed by atoms with Crippen LogP contribution in [0.15, 0.2) is 47.4 Å². The number of nitrogens with zero attached hydrogens (tertiary/aromatic N) is 3. The van der Waals surface area contributed by atoms with Crippen LogP contribution in [0.2, 0.25) is 0 Å². The smallest absolute Gasteiger partial charge is 0.268 e. The number of amides is 1. The summed E-state index contributed by atoms with van der Waals surface area (Å²) in [6.45, 7) is 0.665. The Morgan fingerprint density at radius 3 is 2.89 bits per heavy atom. The van der Waals surface area contributed by atoms with E-state index in [9.17, 15) is 13.2 Å². The molecule has 0 spiro atoms. The minimum absolute atomic E-state index is 0.0593. The third-order valence-electron chi connectivity index (χ3n) is 5.93. The van der Waals surface area contributed by atoms with Crippen molar-refractivity contribution in [2.24, 2.45) is 0 Å². The Morgan fingerprint density at radius 1 is 1.31 bits per heavy atom. The molecule has 1 aliphatic heterocycles. The lowest BCUT2D eigenvalue weighted by Gasteiger charge is -2.31. The number of methoxy groups -OCH3 is 1. The topological polar surface area (TPSA) is 154 Å². The molecule has 0 bridgehead atoms. The molecule has 35 heavy (non-hydrogen) atoms. The van der Waals surface area contributed by atoms with Crippen molar-refractivity contribution in [3.05, 3.63) is 64.8 Å². The van der Waals surface area contributed by atoms with E-state index in [-0.39, 0.29) is 22.0 Å². The van der Waals surface area contributed by atoms with Gasteiger partial charge in [-0.1, -0.05) is 18.2 Å². The summed E-state index contributed by atoms with van der Waals surface area (Å²) in [7, 11) is -2.57. The van der Waals surface area contributed by atoms with Crippen LogP contribution in [0.3, 0.4) is 0 Å². The van der Waals surface area contributed by atoms with Gasteiger partial charge in [0.05, 0.1) is 18.5 Å². The van der Waals surface area contributed by atoms with Crippen molar-refractivity contribution in [3.63, 3.8) is 0 Å². The summed E-state index contributed by atoms with van der Waals surface area (Å²) in [6, 6.07) is 13.8. The first-order valence-electron chi connectivity index (χ1n) is 11.2. The summed E-state index contributed by atoms with van der Waals surface area (Å²) in [5, 5.41) is 18.5. The number of para-hydroxylation sites is 1. The zero-order chi connectivity index (χ0) is 25.0. The molecule has 0 saturated carbocycles. The summed E-state index contributed by atoms with van der Waals surface area (Å²) < 4.78 is 34.0. The molecule has 0 aliphatic carbocycles. The minimum Gasteiger partial charge on any atom is -0.495 e. The molecule has 0 saturated heterocycles. The van der Waals surface area contributed by atoms with Crippen LogP contribution in [0.1, 0.15) is 40.0 Å². The SMILES string of the molecule is COc1ccc(C(=O)NCCCc2[nH]nc(N)c2C#N)cc1S(=O)(=O)N1CCCc2ccccc21. The van der Waals surface area contributed by atoms with E-state index < -0.39 is 15.9 Å². The second-order valence-electron chi connectivity index (χ2n) is 8.11. The van der Waals surface area contributed by atoms with Crippen LogP contribution < -0.4 is 20.1 Å². The number of sulfonamides is 1. The van der Waals surface area contributed by atoms with Crippen LogP contribution in [-0.4, -0.2) is 44.7 Å². The van der Waals surface area contributed by atoms with Crippen molar-refractivity contribution in [1.82, 2.24) is 15.5 Å². The lowest BCUT2D eigenvalue weighted by Crippen LogP contribution is -2.36. The highest BCUT2D eigenvalue weighted by Crippen LogP contribution is 2.35. The molecule has 0 atom stereocenters. The van der Waals surface area contributed by atoms with E-state index in [4.69, 9.17) is 15.7 Å². The Kier molecular flexibility index (Phi) is 6.93. The van der Waals surface area contributed by atoms with Gasteiger partial charge in [0.2, 0.25) is 0 Å². The van der Waals surface area contributed by atoms with Crippen LogP contribution in [0.5, 0.6) is 5.75 Å². The molecule has 3 aromatic rings. The number of rotatable bonds is 8. The van der Waals surface area contributed by atoms with Gasteiger partial charge in [0, 0.05) is 18.7 Å². The number of nitriles is 1. The molecule has 0 unspecified atom stereocenters. The van der Waals surface area contributed by atoms with Crippen LogP contribution in [0, 0.1) is 11.3 Å². The summed E-state index contributed by atoms with van der Waals surface area (Å²) in [5.41, 5.74) is 8.37. The number of nitrogen functional groups attached to an aromatic ring is 1. The van der Waals surface area contributed by atoms with Crippen LogP contribution in [-0.2, 0) is 22.9 Å². The molecule has 0 fully saturated rings. The molecule has 1 aromatic heterocycles. The lowest BCUT2D eigenvalue weighted by molar-refractivity contribution is 0.0953. The number of nitrogens with one attached hydrogen (secondary N) is 2. The zero-order valence-electron chi connectivity index (χ0n) is 19.2. The highest BCUT2D eigenvalue weighted by molar-refractivity contribution is 7.93. The highest BCUT2D eigenvalue weighted by Gasteiger charge is 2.32. The first-order valence-corrected chi connectivity index (χ1v) is 12.6. The number of aromatic amines is 1. The molecule has 4 rings (SSSR count). The number of aromatic nitrogens is 2. The maximum Gasteiger partial charge on any atom is 0.268 e. The molecule has 1 aliphatic rings. The molecule has 4 N–H and O–H groups in total. The van der Waals surface area contributed by atoms with Crippen molar-refractivity contribution in [2.75, 3.05) is 30.2 Å². The number of ether oxygens (including phenoxy) is 1. The molecule has 1 amide bonds. The van der Waals surface area contributed by atoms with Gasteiger partial charge in [-0.05, 0) is 55.5 Å². The van der Waals surface area contributed by atoms with Crippen molar-refractivity contribution in [2.45, 2.75) is 30.6 Å². The van der Waals surface area contributed by atoms with E-state index in [0.29, 0.717) is 49.3 Å². The average molecular weight is 495 g/mol. The molecule has 182 valence electrons. The fourth-order valence-electron chi connectivity index (χ4n) is 4.16. The lowest BCUT2D eigenvalue weighted by atomic mass is 10.0. The number of carbonyl (C=O) groups excluding carboxylic acids is 1. The van der Waals surface area contributed by atoms with Gasteiger partial charge >= 0.3 is 0 Å². The fraction of sp³-hybridized carbons (Fsp3) is 0.292.